The van der Waals surface area contributed by atoms with E-state index in [9.17, 15) is 4.79 Å². The van der Waals surface area contributed by atoms with E-state index < -0.39 is 5.97 Å². The summed E-state index contributed by atoms with van der Waals surface area (Å²) >= 11 is 1.67. The molecule has 6 heteroatoms. The van der Waals surface area contributed by atoms with Gasteiger partial charge in [0.15, 0.2) is 0 Å². The molecule has 20 heavy (non-hydrogen) atoms. The van der Waals surface area contributed by atoms with Gasteiger partial charge < -0.3 is 15.2 Å². The highest BCUT2D eigenvalue weighted by Crippen LogP contribution is 2.23. The monoisotopic (exact) mass is 292 g/mol. The van der Waals surface area contributed by atoms with Crippen LogP contribution in [0.5, 0.6) is 5.88 Å². The van der Waals surface area contributed by atoms with Gasteiger partial charge in [0.05, 0.1) is 18.8 Å². The van der Waals surface area contributed by atoms with Crippen LogP contribution < -0.4 is 10.5 Å². The number of rotatable bonds is 6. The highest BCUT2D eigenvalue weighted by atomic mass is 32.1. The summed E-state index contributed by atoms with van der Waals surface area (Å²) in [6.45, 7) is 2.51. The number of hydrogen-bond acceptors (Lipinski definition) is 6. The first-order valence-corrected chi connectivity index (χ1v) is 7.17. The maximum atomic E-state index is 11.7. The number of carbonyl (C=O) groups excluding carboxylic acids is 1. The van der Waals surface area contributed by atoms with Crippen molar-refractivity contribution in [2.24, 2.45) is 0 Å². The molecule has 0 atom stereocenters. The van der Waals surface area contributed by atoms with Crippen LogP contribution in [0.2, 0.25) is 0 Å². The number of anilines is 1. The quantitative estimate of drug-likeness (QED) is 0.828. The largest absolute Gasteiger partial charge is 0.476 e. The van der Waals surface area contributed by atoms with Crippen LogP contribution in [0.25, 0.3) is 0 Å². The Kier molecular flexibility index (Phi) is 4.95. The Morgan fingerprint density at radius 2 is 2.30 bits per heavy atom. The molecule has 5 nitrogen and oxygen atoms in total. The van der Waals surface area contributed by atoms with Crippen molar-refractivity contribution >= 4 is 23.0 Å². The molecule has 106 valence electrons. The molecule has 0 amide bonds. The fraction of sp³-hybridized carbons (Fsp3) is 0.286. The number of nitrogens with two attached hydrogens (primary N) is 1. The molecule has 0 aliphatic carbocycles. The lowest BCUT2D eigenvalue weighted by molar-refractivity contribution is 0.0527. The minimum absolute atomic E-state index is 0.220. The van der Waals surface area contributed by atoms with Crippen molar-refractivity contribution in [3.8, 4) is 5.88 Å². The zero-order valence-corrected chi connectivity index (χ0v) is 12.0. The molecule has 0 unspecified atom stereocenters. The third-order valence-corrected chi connectivity index (χ3v) is 3.55. The molecular weight excluding hydrogens is 276 g/mol. The molecule has 2 rings (SSSR count). The summed E-state index contributed by atoms with van der Waals surface area (Å²) in [6.07, 6.45) is 2.27. The van der Waals surface area contributed by atoms with Gasteiger partial charge in [-0.05, 0) is 24.4 Å². The molecule has 2 aromatic heterocycles. The minimum Gasteiger partial charge on any atom is -0.476 e. The van der Waals surface area contributed by atoms with E-state index in [2.05, 4.69) is 4.98 Å². The number of hydrogen-bond donors (Lipinski definition) is 1. The van der Waals surface area contributed by atoms with E-state index in [1.54, 1.807) is 18.3 Å². The van der Waals surface area contributed by atoms with Gasteiger partial charge in [-0.15, -0.1) is 11.3 Å². The van der Waals surface area contributed by atoms with E-state index in [0.717, 1.165) is 6.42 Å². The Morgan fingerprint density at radius 3 is 3.00 bits per heavy atom. The molecule has 0 aliphatic rings. The first-order chi connectivity index (χ1) is 9.72. The fourth-order valence-corrected chi connectivity index (χ4v) is 2.35. The maximum Gasteiger partial charge on any atom is 0.340 e. The van der Waals surface area contributed by atoms with Crippen LogP contribution in [-0.4, -0.2) is 24.2 Å². The number of ether oxygens (including phenoxy) is 2. The Labute approximate surface area is 121 Å². The van der Waals surface area contributed by atoms with Crippen LogP contribution in [0.3, 0.4) is 0 Å². The predicted octanol–water partition coefficient (Wildman–Crippen LogP) is 2.52. The Morgan fingerprint density at radius 1 is 1.45 bits per heavy atom. The lowest BCUT2D eigenvalue weighted by atomic mass is 10.2. The summed E-state index contributed by atoms with van der Waals surface area (Å²) in [5.74, 6) is -0.192. The number of esters is 1. The maximum absolute atomic E-state index is 11.7. The molecule has 2 heterocycles. The number of nitrogen functional groups attached to an aromatic ring is 1. The molecule has 2 N–H and O–H groups in total. The van der Waals surface area contributed by atoms with Crippen molar-refractivity contribution in [3.63, 3.8) is 0 Å². The first kappa shape index (κ1) is 14.3. The van der Waals surface area contributed by atoms with Gasteiger partial charge in [0.1, 0.15) is 5.69 Å². The van der Waals surface area contributed by atoms with Crippen molar-refractivity contribution < 1.29 is 14.3 Å². The summed E-state index contributed by atoms with van der Waals surface area (Å²) < 4.78 is 10.5. The summed E-state index contributed by atoms with van der Waals surface area (Å²) in [6, 6.07) is 5.56. The molecule has 0 fully saturated rings. The van der Waals surface area contributed by atoms with E-state index in [1.165, 1.54) is 17.1 Å². The second-order valence-corrected chi connectivity index (χ2v) is 5.01. The summed E-state index contributed by atoms with van der Waals surface area (Å²) in [4.78, 5) is 17.0. The third kappa shape index (κ3) is 3.48. The third-order valence-electron chi connectivity index (χ3n) is 2.62. The first-order valence-electron chi connectivity index (χ1n) is 6.29. The molecule has 0 aliphatic heterocycles. The van der Waals surface area contributed by atoms with Crippen molar-refractivity contribution in [1.82, 2.24) is 4.98 Å². The van der Waals surface area contributed by atoms with E-state index >= 15 is 0 Å². The van der Waals surface area contributed by atoms with E-state index in [4.69, 9.17) is 15.2 Å². The average molecular weight is 292 g/mol. The van der Waals surface area contributed by atoms with E-state index in [-0.39, 0.29) is 17.1 Å². The van der Waals surface area contributed by atoms with Crippen molar-refractivity contribution in [3.05, 3.63) is 40.2 Å². The van der Waals surface area contributed by atoms with Crippen LogP contribution >= 0.6 is 11.3 Å². The minimum atomic E-state index is -0.462. The lowest BCUT2D eigenvalue weighted by Crippen LogP contribution is -2.11. The van der Waals surface area contributed by atoms with Gasteiger partial charge >= 0.3 is 5.97 Å². The number of nitrogens with zero attached hydrogens (tertiary/aromatic N) is 1. The van der Waals surface area contributed by atoms with Crippen LogP contribution in [0.4, 0.5) is 5.69 Å². The number of pyridine rings is 1. The average Bonchev–Trinajstić information content (AvgIpc) is 2.94. The molecule has 0 saturated heterocycles. The zero-order valence-electron chi connectivity index (χ0n) is 11.2. The molecular formula is C14H16N2O3S. The van der Waals surface area contributed by atoms with Gasteiger partial charge in [-0.1, -0.05) is 6.07 Å². The Bertz CT molecular complexity index is 570. The van der Waals surface area contributed by atoms with Crippen molar-refractivity contribution in [2.75, 3.05) is 18.9 Å². The molecule has 0 spiro atoms. The predicted molar refractivity (Wildman–Crippen MR) is 78.1 cm³/mol. The second-order valence-electron chi connectivity index (χ2n) is 3.98. The van der Waals surface area contributed by atoms with Crippen LogP contribution in [0.15, 0.2) is 29.8 Å². The van der Waals surface area contributed by atoms with Crippen LogP contribution in [0, 0.1) is 0 Å². The number of thiophene rings is 1. The normalized spacial score (nSPS) is 10.2. The van der Waals surface area contributed by atoms with Crippen molar-refractivity contribution in [2.45, 2.75) is 13.3 Å². The van der Waals surface area contributed by atoms with Gasteiger partial charge in [0, 0.05) is 17.5 Å². The van der Waals surface area contributed by atoms with Crippen molar-refractivity contribution in [1.29, 1.82) is 0 Å². The number of aromatic nitrogens is 1. The van der Waals surface area contributed by atoms with Gasteiger partial charge in [0.25, 0.3) is 0 Å². The van der Waals surface area contributed by atoms with Crippen LogP contribution in [0.1, 0.15) is 22.2 Å². The van der Waals surface area contributed by atoms with Gasteiger partial charge in [-0.25, -0.2) is 9.78 Å². The summed E-state index contributed by atoms with van der Waals surface area (Å²) in [5.41, 5.74) is 6.39. The van der Waals surface area contributed by atoms with E-state index in [0.29, 0.717) is 13.2 Å². The van der Waals surface area contributed by atoms with E-state index in [1.807, 2.05) is 17.5 Å². The standard InChI is InChI=1S/C14H16N2O3S/c1-2-18-14(17)11-5-7-16-13(12(11)15)19-8-6-10-4-3-9-20-10/h3-5,7,9H,2,6,8,15H2,1H3. The smallest absolute Gasteiger partial charge is 0.340 e. The summed E-state index contributed by atoms with van der Waals surface area (Å²) in [7, 11) is 0. The zero-order chi connectivity index (χ0) is 14.4. The topological polar surface area (TPSA) is 74.4 Å². The summed E-state index contributed by atoms with van der Waals surface area (Å²) in [5, 5.41) is 2.02. The van der Waals surface area contributed by atoms with Gasteiger partial charge in [-0.3, -0.25) is 0 Å². The second kappa shape index (κ2) is 6.91. The van der Waals surface area contributed by atoms with Gasteiger partial charge in [0.2, 0.25) is 5.88 Å². The molecule has 2 aromatic rings. The molecule has 0 aromatic carbocycles. The van der Waals surface area contributed by atoms with Crippen LogP contribution in [-0.2, 0) is 11.2 Å². The lowest BCUT2D eigenvalue weighted by Gasteiger charge is -2.10. The SMILES string of the molecule is CCOC(=O)c1ccnc(OCCc2cccs2)c1N. The Balaban J connectivity index is 2.01. The fourth-order valence-electron chi connectivity index (χ4n) is 1.66. The highest BCUT2D eigenvalue weighted by Gasteiger charge is 2.15. The molecule has 0 saturated carbocycles. The Hall–Kier alpha value is -2.08. The molecule has 0 radical (unpaired) electrons. The van der Waals surface area contributed by atoms with Gasteiger partial charge in [-0.2, -0.15) is 0 Å². The highest BCUT2D eigenvalue weighted by molar-refractivity contribution is 7.09. The molecule has 0 bridgehead atoms. The number of carbonyl (C=O) groups is 1.